The minimum absolute atomic E-state index is 0.205. The molecule has 1 saturated heterocycles. The van der Waals surface area contributed by atoms with Crippen molar-refractivity contribution in [1.29, 1.82) is 0 Å². The molecule has 0 radical (unpaired) electrons. The maximum absolute atomic E-state index is 4.71. The highest BCUT2D eigenvalue weighted by atomic mass is 15.3. The van der Waals surface area contributed by atoms with Gasteiger partial charge in [-0.05, 0) is 32.2 Å². The Bertz CT molecular complexity index is 816. The van der Waals surface area contributed by atoms with Crippen molar-refractivity contribution in [3.63, 3.8) is 0 Å². The van der Waals surface area contributed by atoms with Crippen LogP contribution in [0.15, 0.2) is 48.7 Å². The molecular weight excluding hydrogens is 296 g/mol. The van der Waals surface area contributed by atoms with E-state index < -0.39 is 0 Å². The van der Waals surface area contributed by atoms with Gasteiger partial charge in [0.2, 0.25) is 0 Å². The van der Waals surface area contributed by atoms with Gasteiger partial charge in [0.15, 0.2) is 0 Å². The number of benzene rings is 1. The fraction of sp³-hybridized carbons (Fsp3) is 0.350. The molecule has 1 fully saturated rings. The first-order valence-electron chi connectivity index (χ1n) is 8.65. The molecule has 24 heavy (non-hydrogen) atoms. The third-order valence-electron chi connectivity index (χ3n) is 5.09. The lowest BCUT2D eigenvalue weighted by molar-refractivity contribution is 0.126. The van der Waals surface area contributed by atoms with Crippen LogP contribution in [0.2, 0.25) is 0 Å². The maximum Gasteiger partial charge on any atom is 0.0800 e. The van der Waals surface area contributed by atoms with Gasteiger partial charge in [-0.2, -0.15) is 0 Å². The number of nitrogens with zero attached hydrogens (tertiary/aromatic N) is 3. The van der Waals surface area contributed by atoms with E-state index in [2.05, 4.69) is 65.2 Å². The summed E-state index contributed by atoms with van der Waals surface area (Å²) in [5.74, 6) is 0. The summed E-state index contributed by atoms with van der Waals surface area (Å²) in [4.78, 5) is 13.2. The van der Waals surface area contributed by atoms with Crippen molar-refractivity contribution in [2.75, 3.05) is 33.2 Å². The number of rotatable bonds is 3. The summed E-state index contributed by atoms with van der Waals surface area (Å²) >= 11 is 0. The molecule has 1 aliphatic heterocycles. The van der Waals surface area contributed by atoms with E-state index in [1.165, 1.54) is 22.2 Å². The number of piperazine rings is 1. The molecule has 0 spiro atoms. The van der Waals surface area contributed by atoms with Gasteiger partial charge in [-0.3, -0.25) is 9.88 Å². The van der Waals surface area contributed by atoms with Gasteiger partial charge < -0.3 is 9.88 Å². The number of hydrogen-bond donors (Lipinski definition) is 1. The number of fused-ring (bicyclic) bond motifs is 1. The highest BCUT2D eigenvalue weighted by Gasteiger charge is 2.29. The molecule has 1 atom stereocenters. The lowest BCUT2D eigenvalue weighted by atomic mass is 9.97. The van der Waals surface area contributed by atoms with Crippen LogP contribution in [0.25, 0.3) is 10.9 Å². The Morgan fingerprint density at radius 3 is 2.50 bits per heavy atom. The van der Waals surface area contributed by atoms with E-state index in [0.717, 1.165) is 31.9 Å². The number of aryl methyl sites for hydroxylation is 1. The Balaban J connectivity index is 1.84. The average molecular weight is 320 g/mol. The van der Waals surface area contributed by atoms with Gasteiger partial charge in [0, 0.05) is 54.5 Å². The molecule has 1 N–H and O–H groups in total. The Morgan fingerprint density at radius 1 is 1.00 bits per heavy atom. The van der Waals surface area contributed by atoms with Crippen molar-refractivity contribution in [3.8, 4) is 0 Å². The molecule has 3 heterocycles. The highest BCUT2D eigenvalue weighted by molar-refractivity contribution is 5.85. The minimum Gasteiger partial charge on any atom is -0.358 e. The van der Waals surface area contributed by atoms with Crippen LogP contribution in [-0.4, -0.2) is 53.0 Å². The first kappa shape index (κ1) is 15.4. The summed E-state index contributed by atoms with van der Waals surface area (Å²) in [6.45, 7) is 6.52. The predicted octanol–water partition coefficient (Wildman–Crippen LogP) is 3.21. The quantitative estimate of drug-likeness (QED) is 0.805. The number of likely N-dealkylation sites (N-methyl/N-ethyl adjacent to an activating group) is 1. The van der Waals surface area contributed by atoms with Gasteiger partial charge in [-0.25, -0.2) is 0 Å². The standard InChI is InChI=1S/C20H24N4/c1-15-19(16-7-3-4-8-17(16)22-15)20(18-9-5-6-10-21-18)24-13-11-23(2)12-14-24/h3-10,20,22H,11-14H2,1-2H3. The zero-order chi connectivity index (χ0) is 16.5. The molecule has 4 nitrogen and oxygen atoms in total. The normalized spacial score (nSPS) is 18.1. The fourth-order valence-corrected chi connectivity index (χ4v) is 3.79. The van der Waals surface area contributed by atoms with E-state index in [1.54, 1.807) is 0 Å². The van der Waals surface area contributed by atoms with Crippen molar-refractivity contribution >= 4 is 10.9 Å². The van der Waals surface area contributed by atoms with E-state index in [4.69, 9.17) is 4.98 Å². The lowest BCUT2D eigenvalue weighted by Gasteiger charge is -2.38. The number of hydrogen-bond acceptors (Lipinski definition) is 3. The van der Waals surface area contributed by atoms with E-state index in [1.807, 2.05) is 12.3 Å². The van der Waals surface area contributed by atoms with Gasteiger partial charge in [-0.1, -0.05) is 24.3 Å². The Hall–Kier alpha value is -2.17. The van der Waals surface area contributed by atoms with Crippen molar-refractivity contribution in [2.45, 2.75) is 13.0 Å². The summed E-state index contributed by atoms with van der Waals surface area (Å²) < 4.78 is 0. The van der Waals surface area contributed by atoms with Crippen molar-refractivity contribution in [3.05, 3.63) is 65.6 Å². The van der Waals surface area contributed by atoms with Crippen LogP contribution in [-0.2, 0) is 0 Å². The smallest absolute Gasteiger partial charge is 0.0800 e. The van der Waals surface area contributed by atoms with Crippen molar-refractivity contribution < 1.29 is 0 Å². The van der Waals surface area contributed by atoms with Crippen LogP contribution in [0.4, 0.5) is 0 Å². The van der Waals surface area contributed by atoms with Gasteiger partial charge in [-0.15, -0.1) is 0 Å². The van der Waals surface area contributed by atoms with Crippen LogP contribution in [0.5, 0.6) is 0 Å². The number of nitrogens with one attached hydrogen (secondary N) is 1. The maximum atomic E-state index is 4.71. The molecule has 0 aliphatic carbocycles. The molecule has 0 saturated carbocycles. The SMILES string of the molecule is Cc1[nH]c2ccccc2c1C(c1ccccn1)N1CCN(C)CC1. The number of para-hydroxylation sites is 1. The van der Waals surface area contributed by atoms with Gasteiger partial charge >= 0.3 is 0 Å². The number of pyridine rings is 1. The molecule has 4 heteroatoms. The first-order chi connectivity index (χ1) is 11.7. The van der Waals surface area contributed by atoms with E-state index in [0.29, 0.717) is 0 Å². The van der Waals surface area contributed by atoms with Crippen molar-refractivity contribution in [1.82, 2.24) is 19.8 Å². The molecule has 1 unspecified atom stereocenters. The molecule has 3 aromatic rings. The van der Waals surface area contributed by atoms with Gasteiger partial charge in [0.25, 0.3) is 0 Å². The summed E-state index contributed by atoms with van der Waals surface area (Å²) in [7, 11) is 2.20. The fourth-order valence-electron chi connectivity index (χ4n) is 3.79. The summed E-state index contributed by atoms with van der Waals surface area (Å²) in [5, 5.41) is 1.31. The lowest BCUT2D eigenvalue weighted by Crippen LogP contribution is -2.46. The zero-order valence-corrected chi connectivity index (χ0v) is 14.4. The third-order valence-corrected chi connectivity index (χ3v) is 5.09. The predicted molar refractivity (Wildman–Crippen MR) is 98.2 cm³/mol. The number of aromatic nitrogens is 2. The molecular formula is C20H24N4. The second-order valence-electron chi connectivity index (χ2n) is 6.71. The van der Waals surface area contributed by atoms with E-state index in [-0.39, 0.29) is 6.04 Å². The van der Waals surface area contributed by atoms with Crippen LogP contribution in [0.1, 0.15) is 23.0 Å². The van der Waals surface area contributed by atoms with Gasteiger partial charge in [0.05, 0.1) is 11.7 Å². The number of H-pyrrole nitrogens is 1. The zero-order valence-electron chi connectivity index (χ0n) is 14.4. The molecule has 1 aromatic carbocycles. The monoisotopic (exact) mass is 320 g/mol. The Morgan fingerprint density at radius 2 is 1.75 bits per heavy atom. The highest BCUT2D eigenvalue weighted by Crippen LogP contribution is 2.35. The molecule has 1 aliphatic rings. The second kappa shape index (κ2) is 6.38. The summed E-state index contributed by atoms with van der Waals surface area (Å²) in [6, 6.07) is 15.0. The molecule has 124 valence electrons. The summed E-state index contributed by atoms with van der Waals surface area (Å²) in [5.41, 5.74) is 4.95. The van der Waals surface area contributed by atoms with E-state index in [9.17, 15) is 0 Å². The Labute approximate surface area is 143 Å². The largest absolute Gasteiger partial charge is 0.358 e. The van der Waals surface area contributed by atoms with Crippen LogP contribution in [0.3, 0.4) is 0 Å². The van der Waals surface area contributed by atoms with Gasteiger partial charge in [0.1, 0.15) is 0 Å². The Kier molecular flexibility index (Phi) is 4.08. The van der Waals surface area contributed by atoms with E-state index >= 15 is 0 Å². The second-order valence-corrected chi connectivity index (χ2v) is 6.71. The summed E-state index contributed by atoms with van der Waals surface area (Å²) in [6.07, 6.45) is 1.91. The van der Waals surface area contributed by atoms with Crippen LogP contribution >= 0.6 is 0 Å². The van der Waals surface area contributed by atoms with Crippen molar-refractivity contribution in [2.24, 2.45) is 0 Å². The molecule has 4 rings (SSSR count). The topological polar surface area (TPSA) is 35.2 Å². The first-order valence-corrected chi connectivity index (χ1v) is 8.65. The minimum atomic E-state index is 0.205. The van der Waals surface area contributed by atoms with Crippen LogP contribution in [0, 0.1) is 6.92 Å². The third kappa shape index (κ3) is 2.72. The molecule has 0 amide bonds. The average Bonchev–Trinajstić information content (AvgIpc) is 2.94. The number of aromatic amines is 1. The van der Waals surface area contributed by atoms with Crippen LogP contribution < -0.4 is 0 Å². The molecule has 2 aromatic heterocycles. The molecule has 0 bridgehead atoms.